The zero-order valence-electron chi connectivity index (χ0n) is 18.5. The summed E-state index contributed by atoms with van der Waals surface area (Å²) >= 11 is 5.90. The minimum absolute atomic E-state index is 0.0518. The molecule has 0 saturated heterocycles. The van der Waals surface area contributed by atoms with Crippen LogP contribution in [0.25, 0.3) is 0 Å². The van der Waals surface area contributed by atoms with Gasteiger partial charge in [0, 0.05) is 30.2 Å². The second-order valence-electron chi connectivity index (χ2n) is 8.69. The van der Waals surface area contributed by atoms with E-state index in [9.17, 15) is 9.59 Å². The number of hydrogen-bond acceptors (Lipinski definition) is 5. The van der Waals surface area contributed by atoms with Crippen molar-refractivity contribution in [3.05, 3.63) is 51.8 Å². The van der Waals surface area contributed by atoms with Crippen LogP contribution in [0.4, 0.5) is 0 Å². The molecule has 32 heavy (non-hydrogen) atoms. The lowest BCUT2D eigenvalue weighted by atomic mass is 10.1. The molecule has 1 saturated carbocycles. The van der Waals surface area contributed by atoms with E-state index in [1.807, 2.05) is 11.6 Å². The van der Waals surface area contributed by atoms with E-state index in [1.165, 1.54) is 0 Å². The third-order valence-electron chi connectivity index (χ3n) is 6.18. The van der Waals surface area contributed by atoms with E-state index >= 15 is 0 Å². The predicted molar refractivity (Wildman–Crippen MR) is 121 cm³/mol. The number of rotatable bonds is 6. The Kier molecular flexibility index (Phi) is 7.16. The Hall–Kier alpha value is -2.38. The van der Waals surface area contributed by atoms with Crippen LogP contribution in [0.15, 0.2) is 24.3 Å². The monoisotopic (exact) mass is 459 g/mol. The van der Waals surface area contributed by atoms with Gasteiger partial charge < -0.3 is 14.8 Å². The molecular weight excluding hydrogens is 430 g/mol. The number of amides is 1. The smallest absolute Gasteiger partial charge is 0.338 e. The quantitative estimate of drug-likeness (QED) is 0.664. The van der Waals surface area contributed by atoms with E-state index in [2.05, 4.69) is 5.32 Å². The summed E-state index contributed by atoms with van der Waals surface area (Å²) in [6.07, 6.45) is 5.00. The zero-order chi connectivity index (χ0) is 22.6. The lowest BCUT2D eigenvalue weighted by molar-refractivity contribution is 0.0396. The third kappa shape index (κ3) is 5.33. The van der Waals surface area contributed by atoms with Crippen molar-refractivity contribution in [3.8, 4) is 0 Å². The number of benzene rings is 1. The Balaban J connectivity index is 1.50. The van der Waals surface area contributed by atoms with Gasteiger partial charge >= 0.3 is 5.97 Å². The number of halogens is 1. The summed E-state index contributed by atoms with van der Waals surface area (Å²) in [4.78, 5) is 25.4. The Morgan fingerprint density at radius 1 is 1.25 bits per heavy atom. The standard InChI is InChI=1S/C24H30ClN3O4/c1-2-19-21-20(5-3-13-31-14-4-12-26-22(21)29)28(27-19)15-24(10-11-24)16-32-23(30)17-6-8-18(25)9-7-17/h6-9H,2-5,10-16H2,1H3,(H,26,29). The van der Waals surface area contributed by atoms with E-state index in [-0.39, 0.29) is 17.3 Å². The number of carbonyl (C=O) groups is 2. The van der Waals surface area contributed by atoms with Gasteiger partial charge in [0.25, 0.3) is 5.91 Å². The van der Waals surface area contributed by atoms with Gasteiger partial charge in [-0.25, -0.2) is 4.79 Å². The lowest BCUT2D eigenvalue weighted by Crippen LogP contribution is -2.27. The highest BCUT2D eigenvalue weighted by Crippen LogP contribution is 2.47. The molecule has 1 aliphatic carbocycles. The van der Waals surface area contributed by atoms with Gasteiger partial charge in [-0.05, 0) is 62.8 Å². The van der Waals surface area contributed by atoms with Crippen LogP contribution in [0.2, 0.25) is 5.02 Å². The van der Waals surface area contributed by atoms with Crippen molar-refractivity contribution in [1.29, 1.82) is 0 Å². The second kappa shape index (κ2) is 10.0. The minimum atomic E-state index is -0.349. The Labute approximate surface area is 193 Å². The van der Waals surface area contributed by atoms with Crippen molar-refractivity contribution in [2.75, 3.05) is 26.4 Å². The number of hydrogen-bond donors (Lipinski definition) is 1. The number of esters is 1. The summed E-state index contributed by atoms with van der Waals surface area (Å²) in [5.74, 6) is -0.400. The summed E-state index contributed by atoms with van der Waals surface area (Å²) in [7, 11) is 0. The molecule has 1 aromatic carbocycles. The number of carbonyl (C=O) groups excluding carboxylic acids is 2. The van der Waals surface area contributed by atoms with Crippen LogP contribution in [0, 0.1) is 5.41 Å². The van der Waals surface area contributed by atoms with E-state index in [0.717, 1.165) is 43.5 Å². The highest BCUT2D eigenvalue weighted by molar-refractivity contribution is 6.30. The van der Waals surface area contributed by atoms with Crippen molar-refractivity contribution in [2.45, 2.75) is 52.0 Å². The Morgan fingerprint density at radius 3 is 2.72 bits per heavy atom. The Bertz CT molecular complexity index is 966. The number of aromatic nitrogens is 2. The molecule has 7 nitrogen and oxygen atoms in total. The van der Waals surface area contributed by atoms with Gasteiger partial charge in [0.2, 0.25) is 0 Å². The van der Waals surface area contributed by atoms with Gasteiger partial charge in [0.1, 0.15) is 0 Å². The SMILES string of the molecule is CCc1nn(CC2(COC(=O)c3ccc(Cl)cc3)CC2)c2c1C(=O)NCCCOCCC2. The topological polar surface area (TPSA) is 82.5 Å². The second-order valence-corrected chi connectivity index (χ2v) is 9.12. The van der Waals surface area contributed by atoms with Gasteiger partial charge in [-0.3, -0.25) is 9.48 Å². The van der Waals surface area contributed by atoms with Gasteiger partial charge in [-0.1, -0.05) is 18.5 Å². The molecular formula is C24H30ClN3O4. The van der Waals surface area contributed by atoms with Crippen molar-refractivity contribution in [3.63, 3.8) is 0 Å². The molecule has 2 aromatic rings. The Morgan fingerprint density at radius 2 is 2.00 bits per heavy atom. The summed E-state index contributed by atoms with van der Waals surface area (Å²) in [5.41, 5.74) is 2.85. The third-order valence-corrected chi connectivity index (χ3v) is 6.43. The fourth-order valence-electron chi connectivity index (χ4n) is 4.08. The molecule has 0 radical (unpaired) electrons. The van der Waals surface area contributed by atoms with E-state index in [0.29, 0.717) is 55.5 Å². The van der Waals surface area contributed by atoms with Crippen LogP contribution in [0.3, 0.4) is 0 Å². The van der Waals surface area contributed by atoms with Crippen LogP contribution in [0.5, 0.6) is 0 Å². The first-order valence-electron chi connectivity index (χ1n) is 11.4. The zero-order valence-corrected chi connectivity index (χ0v) is 19.2. The van der Waals surface area contributed by atoms with Crippen molar-refractivity contribution < 1.29 is 19.1 Å². The predicted octanol–water partition coefficient (Wildman–Crippen LogP) is 3.82. The molecule has 172 valence electrons. The average molecular weight is 460 g/mol. The maximum Gasteiger partial charge on any atom is 0.338 e. The van der Waals surface area contributed by atoms with E-state index in [1.54, 1.807) is 24.3 Å². The van der Waals surface area contributed by atoms with Crippen LogP contribution in [-0.2, 0) is 28.9 Å². The first kappa shape index (κ1) is 22.8. The van der Waals surface area contributed by atoms with Gasteiger partial charge in [-0.2, -0.15) is 5.10 Å². The molecule has 1 aliphatic heterocycles. The number of nitrogens with zero attached hydrogens (tertiary/aromatic N) is 2. The van der Waals surface area contributed by atoms with Crippen molar-refractivity contribution >= 4 is 23.5 Å². The molecule has 0 unspecified atom stereocenters. The number of nitrogens with one attached hydrogen (secondary N) is 1. The molecule has 1 N–H and O–H groups in total. The molecule has 0 atom stereocenters. The van der Waals surface area contributed by atoms with Gasteiger partial charge in [-0.15, -0.1) is 0 Å². The van der Waals surface area contributed by atoms with Gasteiger partial charge in [0.05, 0.1) is 35.7 Å². The van der Waals surface area contributed by atoms with Crippen LogP contribution in [0.1, 0.15) is 64.7 Å². The summed E-state index contributed by atoms with van der Waals surface area (Å²) in [5, 5.41) is 8.40. The minimum Gasteiger partial charge on any atom is -0.461 e. The van der Waals surface area contributed by atoms with E-state index < -0.39 is 0 Å². The molecule has 4 rings (SSSR count). The first-order valence-corrected chi connectivity index (χ1v) is 11.8. The normalized spacial score (nSPS) is 18.2. The molecule has 2 heterocycles. The fraction of sp³-hybridized carbons (Fsp3) is 0.542. The highest BCUT2D eigenvalue weighted by atomic mass is 35.5. The van der Waals surface area contributed by atoms with E-state index in [4.69, 9.17) is 26.2 Å². The lowest BCUT2D eigenvalue weighted by Gasteiger charge is -2.18. The van der Waals surface area contributed by atoms with Gasteiger partial charge in [0.15, 0.2) is 0 Å². The molecule has 1 fully saturated rings. The average Bonchev–Trinajstić information content (AvgIpc) is 3.48. The number of ether oxygens (including phenoxy) is 2. The molecule has 0 spiro atoms. The van der Waals surface area contributed by atoms with Crippen molar-refractivity contribution in [2.24, 2.45) is 5.41 Å². The number of aryl methyl sites for hydroxylation is 1. The molecule has 1 amide bonds. The van der Waals surface area contributed by atoms with Crippen LogP contribution >= 0.6 is 11.6 Å². The first-order chi connectivity index (χ1) is 15.5. The summed E-state index contributed by atoms with van der Waals surface area (Å²) < 4.78 is 13.3. The molecule has 2 aliphatic rings. The fourth-order valence-corrected chi connectivity index (χ4v) is 4.21. The van der Waals surface area contributed by atoms with Crippen LogP contribution in [-0.4, -0.2) is 48.0 Å². The molecule has 8 heteroatoms. The van der Waals surface area contributed by atoms with Crippen LogP contribution < -0.4 is 5.32 Å². The largest absolute Gasteiger partial charge is 0.461 e. The molecule has 1 aromatic heterocycles. The van der Waals surface area contributed by atoms with Crippen molar-refractivity contribution in [1.82, 2.24) is 15.1 Å². The maximum absolute atomic E-state index is 12.9. The summed E-state index contributed by atoms with van der Waals surface area (Å²) in [6.45, 7) is 4.92. The number of fused-ring (bicyclic) bond motifs is 1. The molecule has 0 bridgehead atoms. The highest BCUT2D eigenvalue weighted by Gasteiger charge is 2.45. The summed E-state index contributed by atoms with van der Waals surface area (Å²) in [6, 6.07) is 6.70. The maximum atomic E-state index is 12.9.